The Balaban J connectivity index is 1.47. The number of carbonyl (C=O) groups is 2. The van der Waals surface area contributed by atoms with Gasteiger partial charge in [0, 0.05) is 23.9 Å². The predicted molar refractivity (Wildman–Crippen MR) is 117 cm³/mol. The van der Waals surface area contributed by atoms with Crippen LogP contribution in [0, 0.1) is 5.82 Å². The number of benzene rings is 2. The largest absolute Gasteiger partial charge is 0.493 e. The maximum Gasteiger partial charge on any atom is 0.220 e. The van der Waals surface area contributed by atoms with E-state index >= 15 is 0 Å². The molecule has 0 bridgehead atoms. The standard InChI is InChI=1S/C25H30FNO4/c1-18(28)19-7-12-22(23(16-19)30-2)31-15-5-6-24(29)27-17-25(13-3-4-14-25)20-8-10-21(26)11-9-20/h7-12,16H,3-6,13-15,17H2,1-2H3,(H,27,29). The van der Waals surface area contributed by atoms with E-state index < -0.39 is 0 Å². The zero-order chi connectivity index (χ0) is 22.3. The van der Waals surface area contributed by atoms with Gasteiger partial charge in [-0.05, 0) is 62.1 Å². The maximum absolute atomic E-state index is 13.3. The summed E-state index contributed by atoms with van der Waals surface area (Å²) >= 11 is 0. The fraction of sp³-hybridized carbons (Fsp3) is 0.440. The second kappa shape index (κ2) is 10.4. The topological polar surface area (TPSA) is 64.6 Å². The number of Topliss-reactive ketones (excluding diaryl/α,β-unsaturated/α-hetero) is 1. The number of ketones is 1. The highest BCUT2D eigenvalue weighted by Gasteiger charge is 2.35. The summed E-state index contributed by atoms with van der Waals surface area (Å²) in [5, 5.41) is 3.07. The van der Waals surface area contributed by atoms with Crippen LogP contribution >= 0.6 is 0 Å². The van der Waals surface area contributed by atoms with E-state index in [1.807, 2.05) is 12.1 Å². The van der Waals surface area contributed by atoms with Crippen LogP contribution in [0.4, 0.5) is 4.39 Å². The normalized spacial score (nSPS) is 14.8. The van der Waals surface area contributed by atoms with Crippen molar-refractivity contribution in [2.24, 2.45) is 0 Å². The van der Waals surface area contributed by atoms with Crippen LogP contribution in [0.3, 0.4) is 0 Å². The van der Waals surface area contributed by atoms with Crippen LogP contribution in [0.15, 0.2) is 42.5 Å². The van der Waals surface area contributed by atoms with E-state index in [9.17, 15) is 14.0 Å². The van der Waals surface area contributed by atoms with Crippen LogP contribution in [0.25, 0.3) is 0 Å². The van der Waals surface area contributed by atoms with Gasteiger partial charge in [-0.15, -0.1) is 0 Å². The number of hydrogen-bond acceptors (Lipinski definition) is 4. The Morgan fingerprint density at radius 1 is 1.06 bits per heavy atom. The number of nitrogens with one attached hydrogen (secondary N) is 1. The Hall–Kier alpha value is -2.89. The van der Waals surface area contributed by atoms with E-state index in [-0.39, 0.29) is 22.9 Å². The fourth-order valence-corrected chi connectivity index (χ4v) is 4.20. The molecule has 1 aliphatic carbocycles. The van der Waals surface area contributed by atoms with Gasteiger partial charge in [-0.1, -0.05) is 25.0 Å². The number of halogens is 1. The molecule has 0 spiro atoms. The van der Waals surface area contributed by atoms with Crippen LogP contribution < -0.4 is 14.8 Å². The lowest BCUT2D eigenvalue weighted by Gasteiger charge is -2.30. The van der Waals surface area contributed by atoms with Crippen molar-refractivity contribution in [3.63, 3.8) is 0 Å². The first-order valence-electron chi connectivity index (χ1n) is 10.8. The van der Waals surface area contributed by atoms with Gasteiger partial charge in [0.15, 0.2) is 17.3 Å². The van der Waals surface area contributed by atoms with Gasteiger partial charge in [0.25, 0.3) is 0 Å². The summed E-state index contributed by atoms with van der Waals surface area (Å²) in [6, 6.07) is 11.7. The zero-order valence-corrected chi connectivity index (χ0v) is 18.2. The molecule has 0 heterocycles. The Kier molecular flexibility index (Phi) is 7.66. The van der Waals surface area contributed by atoms with Crippen molar-refractivity contribution in [1.82, 2.24) is 5.32 Å². The van der Waals surface area contributed by atoms with Gasteiger partial charge in [0.2, 0.25) is 5.91 Å². The number of ether oxygens (including phenoxy) is 2. The fourth-order valence-electron chi connectivity index (χ4n) is 4.20. The lowest BCUT2D eigenvalue weighted by atomic mass is 9.79. The Morgan fingerprint density at radius 2 is 1.77 bits per heavy atom. The van der Waals surface area contributed by atoms with Gasteiger partial charge < -0.3 is 14.8 Å². The Morgan fingerprint density at radius 3 is 2.42 bits per heavy atom. The van der Waals surface area contributed by atoms with Crippen LogP contribution in [0.2, 0.25) is 0 Å². The van der Waals surface area contributed by atoms with Crippen LogP contribution in [-0.4, -0.2) is 32.0 Å². The summed E-state index contributed by atoms with van der Waals surface area (Å²) in [4.78, 5) is 23.9. The predicted octanol–water partition coefficient (Wildman–Crippen LogP) is 4.82. The molecule has 0 radical (unpaired) electrons. The number of hydrogen-bond donors (Lipinski definition) is 1. The molecule has 1 amide bonds. The first kappa shape index (κ1) is 22.8. The van der Waals surface area contributed by atoms with E-state index in [1.165, 1.54) is 26.2 Å². The van der Waals surface area contributed by atoms with E-state index in [2.05, 4.69) is 5.32 Å². The first-order valence-corrected chi connectivity index (χ1v) is 10.8. The molecule has 31 heavy (non-hydrogen) atoms. The number of carbonyl (C=O) groups excluding carboxylic acids is 2. The van der Waals surface area contributed by atoms with Crippen LogP contribution in [0.5, 0.6) is 11.5 Å². The van der Waals surface area contributed by atoms with Gasteiger partial charge in [-0.3, -0.25) is 9.59 Å². The highest BCUT2D eigenvalue weighted by Crippen LogP contribution is 2.40. The molecule has 1 aliphatic rings. The number of rotatable bonds is 10. The molecule has 5 nitrogen and oxygen atoms in total. The molecule has 0 atom stereocenters. The molecule has 2 aromatic rings. The lowest BCUT2D eigenvalue weighted by Crippen LogP contribution is -2.39. The molecule has 1 N–H and O–H groups in total. The van der Waals surface area contributed by atoms with Crippen molar-refractivity contribution in [3.05, 3.63) is 59.4 Å². The summed E-state index contributed by atoms with van der Waals surface area (Å²) in [6.45, 7) is 2.44. The molecule has 0 aromatic heterocycles. The van der Waals surface area contributed by atoms with Crippen molar-refractivity contribution in [2.75, 3.05) is 20.3 Å². The van der Waals surface area contributed by atoms with E-state index in [0.29, 0.717) is 43.1 Å². The summed E-state index contributed by atoms with van der Waals surface area (Å²) in [5.41, 5.74) is 1.55. The number of methoxy groups -OCH3 is 1. The smallest absolute Gasteiger partial charge is 0.220 e. The third-order valence-corrected chi connectivity index (χ3v) is 6.02. The number of amides is 1. The van der Waals surface area contributed by atoms with Crippen molar-refractivity contribution >= 4 is 11.7 Å². The third-order valence-electron chi connectivity index (χ3n) is 6.02. The zero-order valence-electron chi connectivity index (χ0n) is 18.2. The summed E-state index contributed by atoms with van der Waals surface area (Å²) in [5.74, 6) is 0.750. The van der Waals surface area contributed by atoms with Gasteiger partial charge in [0.1, 0.15) is 5.82 Å². The molecule has 0 aliphatic heterocycles. The molecule has 0 unspecified atom stereocenters. The van der Waals surface area contributed by atoms with Crippen molar-refractivity contribution < 1.29 is 23.5 Å². The highest BCUT2D eigenvalue weighted by atomic mass is 19.1. The minimum absolute atomic E-state index is 0.0177. The van der Waals surface area contributed by atoms with Crippen LogP contribution in [0.1, 0.15) is 61.4 Å². The van der Waals surface area contributed by atoms with Crippen molar-refractivity contribution in [3.8, 4) is 11.5 Å². The summed E-state index contributed by atoms with van der Waals surface area (Å²) in [7, 11) is 1.53. The quantitative estimate of drug-likeness (QED) is 0.436. The molecule has 3 rings (SSSR count). The molecule has 166 valence electrons. The van der Waals surface area contributed by atoms with Gasteiger partial charge >= 0.3 is 0 Å². The van der Waals surface area contributed by atoms with Crippen molar-refractivity contribution in [1.29, 1.82) is 0 Å². The SMILES string of the molecule is COc1cc(C(C)=O)ccc1OCCCC(=O)NCC1(c2ccc(F)cc2)CCCC1. The van der Waals surface area contributed by atoms with Crippen molar-refractivity contribution in [2.45, 2.75) is 50.9 Å². The molecule has 6 heteroatoms. The monoisotopic (exact) mass is 427 g/mol. The summed E-state index contributed by atoms with van der Waals surface area (Å²) in [6.07, 6.45) is 5.15. The van der Waals surface area contributed by atoms with Crippen LogP contribution in [-0.2, 0) is 10.2 Å². The van der Waals surface area contributed by atoms with E-state index in [1.54, 1.807) is 18.2 Å². The summed E-state index contributed by atoms with van der Waals surface area (Å²) < 4.78 is 24.3. The average molecular weight is 428 g/mol. The minimum atomic E-state index is -0.242. The molecule has 2 aromatic carbocycles. The average Bonchev–Trinajstić information content (AvgIpc) is 3.26. The lowest BCUT2D eigenvalue weighted by molar-refractivity contribution is -0.121. The van der Waals surface area contributed by atoms with Gasteiger partial charge in [-0.25, -0.2) is 4.39 Å². The first-order chi connectivity index (χ1) is 14.9. The Labute approximate surface area is 182 Å². The van der Waals surface area contributed by atoms with Gasteiger partial charge in [0.05, 0.1) is 13.7 Å². The van der Waals surface area contributed by atoms with E-state index in [0.717, 1.165) is 31.2 Å². The molecule has 0 saturated heterocycles. The maximum atomic E-state index is 13.3. The second-order valence-electron chi connectivity index (χ2n) is 8.14. The Bertz CT molecular complexity index is 904. The van der Waals surface area contributed by atoms with Gasteiger partial charge in [-0.2, -0.15) is 0 Å². The second-order valence-corrected chi connectivity index (χ2v) is 8.14. The highest BCUT2D eigenvalue weighted by molar-refractivity contribution is 5.94. The van der Waals surface area contributed by atoms with E-state index in [4.69, 9.17) is 9.47 Å². The minimum Gasteiger partial charge on any atom is -0.493 e. The molecule has 1 fully saturated rings. The third kappa shape index (κ3) is 5.84. The molecular weight excluding hydrogens is 397 g/mol. The molecular formula is C25H30FNO4. The molecule has 1 saturated carbocycles.